The number of benzene rings is 2. The van der Waals surface area contributed by atoms with Crippen LogP contribution in [0, 0.1) is 17.8 Å². The van der Waals surface area contributed by atoms with Crippen LogP contribution >= 0.6 is 11.6 Å². The first-order valence-electron chi connectivity index (χ1n) is 11.1. The van der Waals surface area contributed by atoms with Crippen molar-refractivity contribution in [3.05, 3.63) is 64.7 Å². The molecule has 0 spiro atoms. The second-order valence-electron chi connectivity index (χ2n) is 8.80. The molecule has 2 aromatic carbocycles. The fourth-order valence-electron chi connectivity index (χ4n) is 4.78. The SMILES string of the molecule is O=C(O[C@@H](C(=O)Nc1cc(C(F)(F)F)ccc1Cl)c1ccccc1)C1C[C@H]2CCC[C@@H](C1)C2=O. The molecule has 0 radical (unpaired) electrons. The van der Waals surface area contributed by atoms with Crippen LogP contribution in [0.15, 0.2) is 48.5 Å². The lowest BCUT2D eigenvalue weighted by Gasteiger charge is -2.36. The van der Waals surface area contributed by atoms with Gasteiger partial charge in [0.25, 0.3) is 5.91 Å². The van der Waals surface area contributed by atoms with Gasteiger partial charge in [-0.15, -0.1) is 0 Å². The standard InChI is InChI=1S/C25H23ClF3NO4/c26-19-10-9-18(25(27,28)29)13-20(19)30-23(32)22(14-5-2-1-3-6-14)34-24(33)17-11-15-7-4-8-16(12-17)21(15)31/h1-3,5-6,9-10,13,15-17,22H,4,7-8,11-12H2,(H,30,32)/t15-,16+,17?,22-/m1/s1. The summed E-state index contributed by atoms with van der Waals surface area (Å²) in [7, 11) is 0. The molecule has 0 aliphatic heterocycles. The molecule has 1 amide bonds. The molecule has 2 saturated carbocycles. The summed E-state index contributed by atoms with van der Waals surface area (Å²) >= 11 is 6.01. The maximum absolute atomic E-state index is 13.1. The molecule has 34 heavy (non-hydrogen) atoms. The Kier molecular flexibility index (Phi) is 6.98. The van der Waals surface area contributed by atoms with Crippen molar-refractivity contribution >= 4 is 34.9 Å². The first-order valence-corrected chi connectivity index (χ1v) is 11.5. The van der Waals surface area contributed by atoms with E-state index < -0.39 is 35.6 Å². The number of hydrogen-bond donors (Lipinski definition) is 1. The van der Waals surface area contributed by atoms with E-state index in [0.29, 0.717) is 18.4 Å². The average molecular weight is 494 g/mol. The van der Waals surface area contributed by atoms with Crippen molar-refractivity contribution in [2.75, 3.05) is 5.32 Å². The second kappa shape index (κ2) is 9.78. The van der Waals surface area contributed by atoms with E-state index in [2.05, 4.69) is 5.32 Å². The Morgan fingerprint density at radius 3 is 2.29 bits per heavy atom. The first kappa shape index (κ1) is 24.3. The zero-order valence-electron chi connectivity index (χ0n) is 18.1. The van der Waals surface area contributed by atoms with Crippen molar-refractivity contribution in [3.63, 3.8) is 0 Å². The third-order valence-electron chi connectivity index (χ3n) is 6.51. The van der Waals surface area contributed by atoms with Crippen molar-refractivity contribution < 1.29 is 32.3 Å². The maximum Gasteiger partial charge on any atom is 0.416 e. The molecule has 0 saturated heterocycles. The van der Waals surface area contributed by atoms with E-state index in [9.17, 15) is 27.6 Å². The van der Waals surface area contributed by atoms with Gasteiger partial charge in [-0.2, -0.15) is 13.2 Å². The molecule has 9 heteroatoms. The Labute approximate surface area is 199 Å². The van der Waals surface area contributed by atoms with Crippen LogP contribution in [0.2, 0.25) is 5.02 Å². The van der Waals surface area contributed by atoms with Gasteiger partial charge < -0.3 is 10.1 Å². The number of fused-ring (bicyclic) bond motifs is 2. The topological polar surface area (TPSA) is 72.5 Å². The highest BCUT2D eigenvalue weighted by molar-refractivity contribution is 6.33. The fourth-order valence-corrected chi connectivity index (χ4v) is 4.95. The Balaban J connectivity index is 1.55. The number of amides is 1. The fraction of sp³-hybridized carbons (Fsp3) is 0.400. The van der Waals surface area contributed by atoms with Crippen LogP contribution in [0.1, 0.15) is 49.3 Å². The van der Waals surface area contributed by atoms with Gasteiger partial charge in [0, 0.05) is 17.4 Å². The van der Waals surface area contributed by atoms with E-state index in [0.717, 1.165) is 37.5 Å². The molecule has 2 fully saturated rings. The van der Waals surface area contributed by atoms with Gasteiger partial charge in [0.05, 0.1) is 22.2 Å². The number of anilines is 1. The average Bonchev–Trinajstić information content (AvgIpc) is 2.78. The number of esters is 1. The molecule has 2 aliphatic carbocycles. The van der Waals surface area contributed by atoms with Crippen LogP contribution in [0.4, 0.5) is 18.9 Å². The number of ether oxygens (including phenoxy) is 1. The molecule has 180 valence electrons. The molecule has 4 atom stereocenters. The van der Waals surface area contributed by atoms with E-state index in [1.807, 2.05) is 0 Å². The highest BCUT2D eigenvalue weighted by atomic mass is 35.5. The van der Waals surface area contributed by atoms with Crippen molar-refractivity contribution in [2.45, 2.75) is 44.4 Å². The minimum absolute atomic E-state index is 0.0851. The molecule has 0 heterocycles. The minimum atomic E-state index is -4.62. The molecule has 5 nitrogen and oxygen atoms in total. The molecule has 4 rings (SSSR count). The minimum Gasteiger partial charge on any atom is -0.447 e. The van der Waals surface area contributed by atoms with Crippen LogP contribution in [-0.4, -0.2) is 17.7 Å². The maximum atomic E-state index is 13.1. The zero-order chi connectivity index (χ0) is 24.5. The Bertz CT molecular complexity index is 1070. The van der Waals surface area contributed by atoms with Gasteiger partial charge in [0.2, 0.25) is 6.10 Å². The molecule has 1 N–H and O–H groups in total. The van der Waals surface area contributed by atoms with Gasteiger partial charge in [0.1, 0.15) is 5.78 Å². The second-order valence-corrected chi connectivity index (χ2v) is 9.21. The van der Waals surface area contributed by atoms with E-state index >= 15 is 0 Å². The summed E-state index contributed by atoms with van der Waals surface area (Å²) in [6.07, 6.45) is -2.79. The van der Waals surface area contributed by atoms with Crippen molar-refractivity contribution in [3.8, 4) is 0 Å². The molecular formula is C25H23ClF3NO4. The predicted molar refractivity (Wildman–Crippen MR) is 119 cm³/mol. The normalized spacial score (nSPS) is 23.2. The third-order valence-corrected chi connectivity index (χ3v) is 6.84. The molecular weight excluding hydrogens is 471 g/mol. The number of hydrogen-bond acceptors (Lipinski definition) is 4. The zero-order valence-corrected chi connectivity index (χ0v) is 18.9. The Morgan fingerprint density at radius 1 is 1.03 bits per heavy atom. The van der Waals surface area contributed by atoms with Crippen LogP contribution in [-0.2, 0) is 25.3 Å². The smallest absolute Gasteiger partial charge is 0.416 e. The number of halogens is 4. The van der Waals surface area contributed by atoms with Crippen molar-refractivity contribution in [1.29, 1.82) is 0 Å². The molecule has 1 unspecified atom stereocenters. The lowest BCUT2D eigenvalue weighted by Crippen LogP contribution is -2.40. The van der Waals surface area contributed by atoms with E-state index in [1.165, 1.54) is 0 Å². The van der Waals surface area contributed by atoms with E-state index in [1.54, 1.807) is 30.3 Å². The molecule has 0 aromatic heterocycles. The summed E-state index contributed by atoms with van der Waals surface area (Å²) in [5.74, 6) is -2.07. The van der Waals surface area contributed by atoms with Gasteiger partial charge >= 0.3 is 12.1 Å². The number of carbonyl (C=O) groups excluding carboxylic acids is 3. The monoisotopic (exact) mass is 493 g/mol. The quantitative estimate of drug-likeness (QED) is 0.520. The number of Topliss-reactive ketones (excluding diaryl/α,β-unsaturated/α-hetero) is 1. The summed E-state index contributed by atoms with van der Waals surface area (Å²) in [6, 6.07) is 10.8. The highest BCUT2D eigenvalue weighted by Crippen LogP contribution is 2.41. The summed E-state index contributed by atoms with van der Waals surface area (Å²) < 4.78 is 45.0. The molecule has 2 bridgehead atoms. The van der Waals surface area contributed by atoms with Gasteiger partial charge in [-0.05, 0) is 43.9 Å². The summed E-state index contributed by atoms with van der Waals surface area (Å²) in [5.41, 5.74) is -0.848. The Hall–Kier alpha value is -2.87. The van der Waals surface area contributed by atoms with Crippen LogP contribution in [0.5, 0.6) is 0 Å². The Morgan fingerprint density at radius 2 is 1.68 bits per heavy atom. The van der Waals surface area contributed by atoms with Gasteiger partial charge in [0.15, 0.2) is 0 Å². The van der Waals surface area contributed by atoms with Gasteiger partial charge in [-0.3, -0.25) is 14.4 Å². The molecule has 2 aromatic rings. The lowest BCUT2D eigenvalue weighted by molar-refractivity contribution is -0.162. The largest absolute Gasteiger partial charge is 0.447 e. The van der Waals surface area contributed by atoms with Gasteiger partial charge in [-0.1, -0.05) is 48.4 Å². The van der Waals surface area contributed by atoms with E-state index in [-0.39, 0.29) is 28.3 Å². The van der Waals surface area contributed by atoms with Crippen LogP contribution in [0.25, 0.3) is 0 Å². The van der Waals surface area contributed by atoms with Crippen molar-refractivity contribution in [1.82, 2.24) is 0 Å². The molecule has 2 aliphatic rings. The summed E-state index contributed by atoms with van der Waals surface area (Å²) in [6.45, 7) is 0. The summed E-state index contributed by atoms with van der Waals surface area (Å²) in [4.78, 5) is 38.5. The number of rotatable bonds is 5. The first-order chi connectivity index (χ1) is 16.1. The van der Waals surface area contributed by atoms with Gasteiger partial charge in [-0.25, -0.2) is 0 Å². The van der Waals surface area contributed by atoms with Crippen LogP contribution < -0.4 is 5.32 Å². The number of nitrogens with one attached hydrogen (secondary N) is 1. The number of alkyl halides is 3. The van der Waals surface area contributed by atoms with Crippen LogP contribution in [0.3, 0.4) is 0 Å². The lowest BCUT2D eigenvalue weighted by atomic mass is 9.67. The van der Waals surface area contributed by atoms with E-state index in [4.69, 9.17) is 16.3 Å². The number of ketones is 1. The van der Waals surface area contributed by atoms with Crippen molar-refractivity contribution in [2.24, 2.45) is 17.8 Å². The third kappa shape index (κ3) is 5.27. The number of carbonyl (C=O) groups is 3. The predicted octanol–water partition coefficient (Wildman–Crippen LogP) is 5.98. The summed E-state index contributed by atoms with van der Waals surface area (Å²) in [5, 5.41) is 2.29. The highest BCUT2D eigenvalue weighted by Gasteiger charge is 2.43.